The molecular formula is C13H12NO2P. The number of nitrogens with zero attached hydrogens (tertiary/aromatic N) is 1. The number of rotatable bonds is 4. The van der Waals surface area contributed by atoms with Gasteiger partial charge in [0.2, 0.25) is 0 Å². The molecule has 3 nitrogen and oxygen atoms in total. The number of benzene rings is 2. The fourth-order valence-electron chi connectivity index (χ4n) is 1.66. The molecule has 2 aromatic rings. The minimum atomic E-state index is -3.21. The highest BCUT2D eigenvalue weighted by Gasteiger charge is 2.25. The minimum absolute atomic E-state index is 0.182. The molecule has 0 radical (unpaired) electrons. The quantitative estimate of drug-likeness (QED) is 0.610. The number of nitroso groups, excluding NO2 is 1. The molecule has 0 bridgehead atoms. The molecule has 0 amide bonds. The van der Waals surface area contributed by atoms with Gasteiger partial charge in [-0.05, 0) is 22.6 Å². The van der Waals surface area contributed by atoms with Crippen LogP contribution in [0.3, 0.4) is 0 Å². The molecule has 0 aliphatic carbocycles. The summed E-state index contributed by atoms with van der Waals surface area (Å²) >= 11 is 0. The molecule has 0 spiro atoms. The molecule has 17 heavy (non-hydrogen) atoms. The van der Waals surface area contributed by atoms with Crippen LogP contribution in [0.5, 0.6) is 0 Å². The summed E-state index contributed by atoms with van der Waals surface area (Å²) in [6.07, 6.45) is 0.182. The van der Waals surface area contributed by atoms with Crippen molar-refractivity contribution in [2.45, 2.75) is 6.16 Å². The van der Waals surface area contributed by atoms with Crippen LogP contribution in [0.4, 0.5) is 0 Å². The van der Waals surface area contributed by atoms with Crippen LogP contribution in [-0.4, -0.2) is 0 Å². The van der Waals surface area contributed by atoms with Gasteiger partial charge in [-0.2, -0.15) is 0 Å². The number of hydrogen-bond donors (Lipinski definition) is 0. The first-order chi connectivity index (χ1) is 8.24. The Hall–Kier alpha value is -1.73. The molecule has 0 N–H and O–H groups in total. The van der Waals surface area contributed by atoms with Crippen molar-refractivity contribution in [1.29, 1.82) is 0 Å². The van der Waals surface area contributed by atoms with Gasteiger partial charge in [-0.3, -0.25) is 4.57 Å². The zero-order chi connectivity index (χ0) is 12.1. The summed E-state index contributed by atoms with van der Waals surface area (Å²) in [5.74, 6) is 0. The molecule has 86 valence electrons. The highest BCUT2D eigenvalue weighted by Crippen LogP contribution is 2.48. The molecule has 2 aromatic carbocycles. The van der Waals surface area contributed by atoms with Gasteiger partial charge >= 0.3 is 0 Å². The van der Waals surface area contributed by atoms with Crippen LogP contribution >= 0.6 is 7.29 Å². The minimum Gasteiger partial charge on any atom is -0.289 e. The van der Waals surface area contributed by atoms with Crippen molar-refractivity contribution in [2.24, 2.45) is 4.95 Å². The van der Waals surface area contributed by atoms with Gasteiger partial charge in [-0.1, -0.05) is 48.5 Å². The van der Waals surface area contributed by atoms with Crippen LogP contribution in [0.25, 0.3) is 0 Å². The van der Waals surface area contributed by atoms with Gasteiger partial charge < -0.3 is 0 Å². The summed E-state index contributed by atoms with van der Waals surface area (Å²) in [4.78, 5) is 13.8. The van der Waals surface area contributed by atoms with E-state index < -0.39 is 7.29 Å². The van der Waals surface area contributed by atoms with E-state index in [2.05, 4.69) is 4.95 Å². The van der Waals surface area contributed by atoms with Gasteiger partial charge in [0.1, 0.15) is 0 Å². The maximum Gasteiger partial charge on any atom is 0.264 e. The third kappa shape index (κ3) is 2.69. The second-order valence-corrected chi connectivity index (χ2v) is 6.16. The molecule has 0 aliphatic rings. The fourth-order valence-corrected chi connectivity index (χ4v) is 3.34. The zero-order valence-corrected chi connectivity index (χ0v) is 10.1. The van der Waals surface area contributed by atoms with Crippen molar-refractivity contribution in [3.05, 3.63) is 71.1 Å². The van der Waals surface area contributed by atoms with Crippen LogP contribution in [0.15, 0.2) is 65.6 Å². The van der Waals surface area contributed by atoms with E-state index in [1.165, 1.54) is 0 Å². The lowest BCUT2D eigenvalue weighted by molar-refractivity contribution is 0.581. The van der Waals surface area contributed by atoms with E-state index in [1.807, 2.05) is 36.4 Å². The monoisotopic (exact) mass is 245 g/mol. The van der Waals surface area contributed by atoms with E-state index in [4.69, 9.17) is 0 Å². The van der Waals surface area contributed by atoms with Crippen molar-refractivity contribution >= 4 is 12.6 Å². The van der Waals surface area contributed by atoms with E-state index in [0.717, 1.165) is 5.56 Å². The largest absolute Gasteiger partial charge is 0.289 e. The first kappa shape index (κ1) is 11.7. The predicted octanol–water partition coefficient (Wildman–Crippen LogP) is 3.56. The molecule has 0 aromatic heterocycles. The van der Waals surface area contributed by atoms with Crippen molar-refractivity contribution < 1.29 is 4.57 Å². The van der Waals surface area contributed by atoms with E-state index >= 15 is 0 Å². The van der Waals surface area contributed by atoms with Crippen molar-refractivity contribution in [3.8, 4) is 0 Å². The van der Waals surface area contributed by atoms with E-state index in [1.54, 1.807) is 24.3 Å². The van der Waals surface area contributed by atoms with E-state index in [9.17, 15) is 9.47 Å². The predicted molar refractivity (Wildman–Crippen MR) is 69.6 cm³/mol. The van der Waals surface area contributed by atoms with E-state index in [-0.39, 0.29) is 6.16 Å². The third-order valence-electron chi connectivity index (χ3n) is 2.53. The van der Waals surface area contributed by atoms with Crippen LogP contribution in [0.2, 0.25) is 0 Å². The van der Waals surface area contributed by atoms with Crippen molar-refractivity contribution in [2.75, 3.05) is 0 Å². The Morgan fingerprint density at radius 3 is 1.94 bits per heavy atom. The molecule has 0 aliphatic heterocycles. The molecule has 0 heterocycles. The Morgan fingerprint density at radius 2 is 1.41 bits per heavy atom. The average Bonchev–Trinajstić information content (AvgIpc) is 2.41. The molecule has 0 saturated heterocycles. The maximum absolute atomic E-state index is 12.5. The first-order valence-corrected chi connectivity index (χ1v) is 7.12. The van der Waals surface area contributed by atoms with Crippen LogP contribution in [0, 0.1) is 4.91 Å². The van der Waals surface area contributed by atoms with Gasteiger partial charge in [-0.15, -0.1) is 4.91 Å². The Balaban J connectivity index is 2.34. The summed E-state index contributed by atoms with van der Waals surface area (Å²) in [6.45, 7) is 0. The lowest BCUT2D eigenvalue weighted by atomic mass is 10.2. The lowest BCUT2D eigenvalue weighted by Gasteiger charge is -2.10. The molecule has 1 atom stereocenters. The standard InChI is InChI=1S/C13H12NO2P/c15-14-17(16,13-9-5-2-6-10-13)11-12-7-3-1-4-8-12/h1-10H,11H2. The molecule has 0 fully saturated rings. The van der Waals surface area contributed by atoms with Gasteiger partial charge in [-0.25, -0.2) is 0 Å². The molecule has 2 rings (SSSR count). The summed E-state index contributed by atoms with van der Waals surface area (Å²) in [6, 6.07) is 18.0. The molecular weight excluding hydrogens is 233 g/mol. The highest BCUT2D eigenvalue weighted by molar-refractivity contribution is 7.69. The van der Waals surface area contributed by atoms with Crippen LogP contribution in [-0.2, 0) is 10.7 Å². The first-order valence-electron chi connectivity index (χ1n) is 5.28. The van der Waals surface area contributed by atoms with Gasteiger partial charge in [0.15, 0.2) is 0 Å². The Bertz CT molecular complexity index is 540. The molecule has 1 unspecified atom stereocenters. The molecule has 0 saturated carbocycles. The van der Waals surface area contributed by atoms with Crippen LogP contribution in [0.1, 0.15) is 5.56 Å². The third-order valence-corrected chi connectivity index (χ3v) is 4.69. The average molecular weight is 245 g/mol. The van der Waals surface area contributed by atoms with Crippen molar-refractivity contribution in [3.63, 3.8) is 0 Å². The Labute approximate surface area is 99.9 Å². The van der Waals surface area contributed by atoms with Gasteiger partial charge in [0.25, 0.3) is 7.29 Å². The number of hydrogen-bond acceptors (Lipinski definition) is 2. The maximum atomic E-state index is 12.5. The second-order valence-electron chi connectivity index (χ2n) is 3.76. The van der Waals surface area contributed by atoms with Crippen LogP contribution < -0.4 is 5.30 Å². The van der Waals surface area contributed by atoms with E-state index in [0.29, 0.717) is 5.30 Å². The fraction of sp³-hybridized carbons (Fsp3) is 0.0769. The normalized spacial score (nSPS) is 13.9. The summed E-state index contributed by atoms with van der Waals surface area (Å²) < 4.78 is 12.5. The molecule has 4 heteroatoms. The Morgan fingerprint density at radius 1 is 0.882 bits per heavy atom. The van der Waals surface area contributed by atoms with Crippen molar-refractivity contribution in [1.82, 2.24) is 0 Å². The highest BCUT2D eigenvalue weighted by atomic mass is 31.2. The second kappa shape index (κ2) is 5.07. The SMILES string of the molecule is O=NP(=O)(Cc1ccccc1)c1ccccc1. The lowest BCUT2D eigenvalue weighted by Crippen LogP contribution is -2.03. The summed E-state index contributed by atoms with van der Waals surface area (Å²) in [7, 11) is -3.21. The summed E-state index contributed by atoms with van der Waals surface area (Å²) in [5.41, 5.74) is 0.860. The topological polar surface area (TPSA) is 46.5 Å². The smallest absolute Gasteiger partial charge is 0.264 e. The van der Waals surface area contributed by atoms with Gasteiger partial charge in [0.05, 0.1) is 6.16 Å². The zero-order valence-electron chi connectivity index (χ0n) is 9.19. The van der Waals surface area contributed by atoms with Gasteiger partial charge in [0, 0.05) is 5.30 Å². The Kier molecular flexibility index (Phi) is 3.50. The summed E-state index contributed by atoms with van der Waals surface area (Å²) in [5, 5.41) is 0.513.